The fourth-order valence-electron chi connectivity index (χ4n) is 2.76. The molecular formula is C19H13F3N4O. The van der Waals surface area contributed by atoms with Gasteiger partial charge in [0.1, 0.15) is 11.4 Å². The Morgan fingerprint density at radius 2 is 1.70 bits per heavy atom. The fourth-order valence-corrected chi connectivity index (χ4v) is 2.76. The molecule has 0 amide bonds. The number of pyridine rings is 1. The van der Waals surface area contributed by atoms with Gasteiger partial charge in [0.15, 0.2) is 5.65 Å². The van der Waals surface area contributed by atoms with E-state index in [4.69, 9.17) is 4.74 Å². The third-order valence-electron chi connectivity index (χ3n) is 4.13. The zero-order valence-corrected chi connectivity index (χ0v) is 14.1. The zero-order chi connectivity index (χ0) is 19.0. The summed E-state index contributed by atoms with van der Waals surface area (Å²) in [7, 11) is 1.59. The number of ether oxygens (including phenoxy) is 1. The molecule has 0 N–H and O–H groups in total. The first-order valence-electron chi connectivity index (χ1n) is 7.97. The number of rotatable bonds is 3. The van der Waals surface area contributed by atoms with Crippen molar-refractivity contribution < 1.29 is 17.9 Å². The molecule has 27 heavy (non-hydrogen) atoms. The van der Waals surface area contributed by atoms with Gasteiger partial charge in [-0.05, 0) is 36.4 Å². The number of nitrogens with zero attached hydrogens (tertiary/aromatic N) is 4. The van der Waals surface area contributed by atoms with Crippen LogP contribution in [0.25, 0.3) is 28.2 Å². The van der Waals surface area contributed by atoms with E-state index in [1.807, 2.05) is 24.3 Å². The standard InChI is InChI=1S/C19H13F3N4O/c1-27-14-4-2-12(3-5-14)16-9-25-18-10-24-15(11-26(16)18)13-6-7-23-17(8-13)19(20,21)22/h2-11H,1H3. The maximum absolute atomic E-state index is 12.9. The average Bonchev–Trinajstić information content (AvgIpc) is 3.11. The summed E-state index contributed by atoms with van der Waals surface area (Å²) in [4.78, 5) is 11.9. The molecule has 136 valence electrons. The van der Waals surface area contributed by atoms with Gasteiger partial charge in [0.2, 0.25) is 0 Å². The second kappa shape index (κ2) is 6.39. The number of halogens is 3. The Labute approximate surface area is 152 Å². The summed E-state index contributed by atoms with van der Waals surface area (Å²) in [6.07, 6.45) is 1.50. The van der Waals surface area contributed by atoms with Crippen molar-refractivity contribution in [2.24, 2.45) is 0 Å². The molecule has 1 aromatic carbocycles. The normalized spacial score (nSPS) is 11.7. The molecule has 4 rings (SSSR count). The van der Waals surface area contributed by atoms with E-state index in [0.717, 1.165) is 29.3 Å². The summed E-state index contributed by atoms with van der Waals surface area (Å²) in [6, 6.07) is 9.91. The Hall–Kier alpha value is -3.42. The molecule has 0 atom stereocenters. The van der Waals surface area contributed by atoms with Gasteiger partial charge >= 0.3 is 6.18 Å². The highest BCUT2D eigenvalue weighted by atomic mass is 19.4. The molecule has 0 bridgehead atoms. The summed E-state index contributed by atoms with van der Waals surface area (Å²) < 4.78 is 45.7. The Bertz CT molecular complexity index is 1100. The molecule has 8 heteroatoms. The summed E-state index contributed by atoms with van der Waals surface area (Å²) in [5, 5.41) is 0. The fraction of sp³-hybridized carbons (Fsp3) is 0.105. The first-order chi connectivity index (χ1) is 13.0. The van der Waals surface area contributed by atoms with E-state index in [0.29, 0.717) is 16.9 Å². The van der Waals surface area contributed by atoms with Crippen molar-refractivity contribution in [3.63, 3.8) is 0 Å². The monoisotopic (exact) mass is 370 g/mol. The summed E-state index contributed by atoms with van der Waals surface area (Å²) in [6.45, 7) is 0. The molecular weight excluding hydrogens is 357 g/mol. The van der Waals surface area contributed by atoms with Crippen molar-refractivity contribution in [3.8, 4) is 28.3 Å². The molecule has 0 saturated carbocycles. The first kappa shape index (κ1) is 17.0. The lowest BCUT2D eigenvalue weighted by Crippen LogP contribution is -2.07. The molecule has 4 aromatic rings. The lowest BCUT2D eigenvalue weighted by Gasteiger charge is -2.08. The number of fused-ring (bicyclic) bond motifs is 1. The van der Waals surface area contributed by atoms with E-state index in [9.17, 15) is 13.2 Å². The minimum atomic E-state index is -4.51. The van der Waals surface area contributed by atoms with E-state index in [2.05, 4.69) is 15.0 Å². The number of hydrogen-bond donors (Lipinski definition) is 0. The smallest absolute Gasteiger partial charge is 0.433 e. The molecule has 0 saturated heterocycles. The van der Waals surface area contributed by atoms with Gasteiger partial charge in [-0.2, -0.15) is 13.2 Å². The second-order valence-electron chi connectivity index (χ2n) is 5.80. The van der Waals surface area contributed by atoms with Crippen LogP contribution in [0.15, 0.2) is 61.2 Å². The molecule has 5 nitrogen and oxygen atoms in total. The van der Waals surface area contributed by atoms with Gasteiger partial charge in [-0.3, -0.25) is 14.4 Å². The number of alkyl halides is 3. The van der Waals surface area contributed by atoms with E-state index < -0.39 is 11.9 Å². The van der Waals surface area contributed by atoms with Crippen LogP contribution in [-0.2, 0) is 6.18 Å². The highest BCUT2D eigenvalue weighted by Gasteiger charge is 2.32. The zero-order valence-electron chi connectivity index (χ0n) is 14.1. The van der Waals surface area contributed by atoms with Gasteiger partial charge in [-0.1, -0.05) is 0 Å². The highest BCUT2D eigenvalue weighted by molar-refractivity contribution is 5.67. The summed E-state index contributed by atoms with van der Waals surface area (Å²) in [5.41, 5.74) is 2.04. The third kappa shape index (κ3) is 3.21. The van der Waals surface area contributed by atoms with Crippen LogP contribution in [0.2, 0.25) is 0 Å². The van der Waals surface area contributed by atoms with E-state index in [-0.39, 0.29) is 0 Å². The van der Waals surface area contributed by atoms with Crippen molar-refractivity contribution in [1.82, 2.24) is 19.4 Å². The molecule has 3 heterocycles. The summed E-state index contributed by atoms with van der Waals surface area (Å²) >= 11 is 0. The predicted molar refractivity (Wildman–Crippen MR) is 93.2 cm³/mol. The Balaban J connectivity index is 1.80. The molecule has 0 fully saturated rings. The van der Waals surface area contributed by atoms with Crippen LogP contribution in [0, 0.1) is 0 Å². The van der Waals surface area contributed by atoms with E-state index in [1.54, 1.807) is 23.9 Å². The molecule has 0 radical (unpaired) electrons. The topological polar surface area (TPSA) is 52.3 Å². The molecule has 0 spiro atoms. The van der Waals surface area contributed by atoms with E-state index in [1.165, 1.54) is 12.3 Å². The molecule has 0 aliphatic carbocycles. The van der Waals surface area contributed by atoms with Gasteiger partial charge in [0, 0.05) is 23.5 Å². The van der Waals surface area contributed by atoms with Crippen molar-refractivity contribution in [3.05, 3.63) is 66.9 Å². The predicted octanol–water partition coefficient (Wildman–Crippen LogP) is 4.49. The SMILES string of the molecule is COc1ccc(-c2cnc3cnc(-c4ccnc(C(F)(F)F)c4)cn23)cc1. The van der Waals surface area contributed by atoms with Crippen LogP contribution >= 0.6 is 0 Å². The van der Waals surface area contributed by atoms with Gasteiger partial charge in [0.25, 0.3) is 0 Å². The maximum atomic E-state index is 12.9. The second-order valence-corrected chi connectivity index (χ2v) is 5.80. The van der Waals surface area contributed by atoms with E-state index >= 15 is 0 Å². The van der Waals surface area contributed by atoms with Gasteiger partial charge in [0.05, 0.1) is 30.9 Å². The van der Waals surface area contributed by atoms with Crippen molar-refractivity contribution in [2.75, 3.05) is 7.11 Å². The van der Waals surface area contributed by atoms with Crippen molar-refractivity contribution >= 4 is 5.65 Å². The Morgan fingerprint density at radius 1 is 0.926 bits per heavy atom. The molecule has 3 aromatic heterocycles. The van der Waals surface area contributed by atoms with Crippen molar-refractivity contribution in [2.45, 2.75) is 6.18 Å². The van der Waals surface area contributed by atoms with Crippen LogP contribution in [0.4, 0.5) is 13.2 Å². The number of benzene rings is 1. The number of methoxy groups -OCH3 is 1. The average molecular weight is 370 g/mol. The van der Waals surface area contributed by atoms with Crippen LogP contribution in [0.1, 0.15) is 5.69 Å². The first-order valence-corrected chi connectivity index (χ1v) is 7.97. The minimum Gasteiger partial charge on any atom is -0.497 e. The summed E-state index contributed by atoms with van der Waals surface area (Å²) in [5.74, 6) is 0.728. The minimum absolute atomic E-state index is 0.327. The Kier molecular flexibility index (Phi) is 4.02. The molecule has 0 unspecified atom stereocenters. The molecule has 0 aliphatic heterocycles. The van der Waals surface area contributed by atoms with Crippen molar-refractivity contribution in [1.29, 1.82) is 0 Å². The largest absolute Gasteiger partial charge is 0.497 e. The molecule has 0 aliphatic rings. The van der Waals surface area contributed by atoms with Gasteiger partial charge < -0.3 is 4.74 Å². The number of aromatic nitrogens is 4. The number of hydrogen-bond acceptors (Lipinski definition) is 4. The lowest BCUT2D eigenvalue weighted by atomic mass is 10.1. The van der Waals surface area contributed by atoms with Gasteiger partial charge in [-0.15, -0.1) is 0 Å². The lowest BCUT2D eigenvalue weighted by molar-refractivity contribution is -0.141. The maximum Gasteiger partial charge on any atom is 0.433 e. The van der Waals surface area contributed by atoms with Crippen LogP contribution in [0.3, 0.4) is 0 Å². The van der Waals surface area contributed by atoms with Crippen LogP contribution in [0.5, 0.6) is 5.75 Å². The third-order valence-corrected chi connectivity index (χ3v) is 4.13. The van der Waals surface area contributed by atoms with Gasteiger partial charge in [-0.25, -0.2) is 4.98 Å². The van der Waals surface area contributed by atoms with Crippen LogP contribution < -0.4 is 4.74 Å². The highest BCUT2D eigenvalue weighted by Crippen LogP contribution is 2.30. The Morgan fingerprint density at radius 3 is 2.41 bits per heavy atom. The van der Waals surface area contributed by atoms with Crippen LogP contribution in [-0.4, -0.2) is 26.5 Å². The number of imidazole rings is 1. The quantitative estimate of drug-likeness (QED) is 0.533.